The molecule has 0 spiro atoms. The fourth-order valence-corrected chi connectivity index (χ4v) is 1.58. The average molecular weight is 218 g/mol. The Labute approximate surface area is 99.0 Å². The van der Waals surface area contributed by atoms with Crippen molar-refractivity contribution in [2.24, 2.45) is 0 Å². The molecule has 0 aromatic heterocycles. The summed E-state index contributed by atoms with van der Waals surface area (Å²) in [5, 5.41) is 3.46. The van der Waals surface area contributed by atoms with E-state index in [2.05, 4.69) is 62.1 Å². The highest BCUT2D eigenvalue weighted by atomic mass is 15.1. The van der Waals surface area contributed by atoms with Crippen molar-refractivity contribution in [3.05, 3.63) is 42.5 Å². The Morgan fingerprint density at radius 2 is 1.94 bits per heavy atom. The standard InChI is InChI=1S/C14H22N2/c1-5-6-11-15-12(2)13-7-9-14(10-8-13)16(3)4/h5,7-10,12,15H,1,6,11H2,2-4H3. The average Bonchev–Trinajstić information content (AvgIpc) is 2.29. The molecule has 1 N–H and O–H groups in total. The largest absolute Gasteiger partial charge is 0.378 e. The molecule has 1 aromatic carbocycles. The maximum atomic E-state index is 3.72. The topological polar surface area (TPSA) is 15.3 Å². The summed E-state index contributed by atoms with van der Waals surface area (Å²) in [5.74, 6) is 0. The third-order valence-corrected chi connectivity index (χ3v) is 2.71. The highest BCUT2D eigenvalue weighted by Crippen LogP contribution is 2.17. The molecule has 0 bridgehead atoms. The molecule has 1 rings (SSSR count). The highest BCUT2D eigenvalue weighted by Gasteiger charge is 2.03. The second-order valence-electron chi connectivity index (χ2n) is 4.24. The van der Waals surface area contributed by atoms with Crippen LogP contribution in [0.4, 0.5) is 5.69 Å². The van der Waals surface area contributed by atoms with Gasteiger partial charge < -0.3 is 10.2 Å². The van der Waals surface area contributed by atoms with E-state index in [4.69, 9.17) is 0 Å². The maximum absolute atomic E-state index is 3.72. The van der Waals surface area contributed by atoms with Crippen LogP contribution in [0.25, 0.3) is 0 Å². The van der Waals surface area contributed by atoms with Gasteiger partial charge in [-0.3, -0.25) is 0 Å². The molecule has 0 radical (unpaired) electrons. The molecule has 0 aliphatic rings. The summed E-state index contributed by atoms with van der Waals surface area (Å²) in [4.78, 5) is 2.11. The van der Waals surface area contributed by atoms with Crippen molar-refractivity contribution in [2.45, 2.75) is 19.4 Å². The third-order valence-electron chi connectivity index (χ3n) is 2.71. The van der Waals surface area contributed by atoms with E-state index in [0.29, 0.717) is 6.04 Å². The van der Waals surface area contributed by atoms with Gasteiger partial charge in [-0.2, -0.15) is 0 Å². The van der Waals surface area contributed by atoms with E-state index < -0.39 is 0 Å². The molecule has 0 heterocycles. The first-order valence-electron chi connectivity index (χ1n) is 5.76. The maximum Gasteiger partial charge on any atom is 0.0361 e. The van der Waals surface area contributed by atoms with Gasteiger partial charge in [-0.15, -0.1) is 6.58 Å². The van der Waals surface area contributed by atoms with Crippen molar-refractivity contribution in [3.63, 3.8) is 0 Å². The van der Waals surface area contributed by atoms with Crippen molar-refractivity contribution in [3.8, 4) is 0 Å². The van der Waals surface area contributed by atoms with Gasteiger partial charge >= 0.3 is 0 Å². The van der Waals surface area contributed by atoms with Crippen LogP contribution >= 0.6 is 0 Å². The molecule has 1 aromatic rings. The van der Waals surface area contributed by atoms with Crippen molar-refractivity contribution < 1.29 is 0 Å². The van der Waals surface area contributed by atoms with Crippen molar-refractivity contribution in [1.82, 2.24) is 5.32 Å². The Hall–Kier alpha value is -1.28. The molecule has 0 amide bonds. The van der Waals surface area contributed by atoms with E-state index in [1.807, 2.05) is 6.08 Å². The van der Waals surface area contributed by atoms with Gasteiger partial charge in [-0.25, -0.2) is 0 Å². The van der Waals surface area contributed by atoms with Gasteiger partial charge in [0.05, 0.1) is 0 Å². The minimum atomic E-state index is 0.399. The quantitative estimate of drug-likeness (QED) is 0.583. The molecule has 2 nitrogen and oxygen atoms in total. The van der Waals surface area contributed by atoms with Crippen LogP contribution < -0.4 is 10.2 Å². The van der Waals surface area contributed by atoms with Crippen LogP contribution in [-0.2, 0) is 0 Å². The van der Waals surface area contributed by atoms with Crippen molar-refractivity contribution >= 4 is 5.69 Å². The lowest BCUT2D eigenvalue weighted by Gasteiger charge is -2.16. The molecule has 88 valence electrons. The SMILES string of the molecule is C=CCCNC(C)c1ccc(N(C)C)cc1. The Balaban J connectivity index is 2.55. The van der Waals surface area contributed by atoms with E-state index in [9.17, 15) is 0 Å². The molecule has 0 saturated carbocycles. The smallest absolute Gasteiger partial charge is 0.0361 e. The predicted octanol–water partition coefficient (Wildman–Crippen LogP) is 2.98. The van der Waals surface area contributed by atoms with E-state index in [1.54, 1.807) is 0 Å². The summed E-state index contributed by atoms with van der Waals surface area (Å²) in [6, 6.07) is 9.07. The van der Waals surface area contributed by atoms with Crippen LogP contribution in [0.1, 0.15) is 24.9 Å². The lowest BCUT2D eigenvalue weighted by atomic mass is 10.1. The van der Waals surface area contributed by atoms with E-state index in [1.165, 1.54) is 11.3 Å². The molecule has 1 atom stereocenters. The van der Waals surface area contributed by atoms with Gasteiger partial charge in [-0.1, -0.05) is 18.2 Å². The summed E-state index contributed by atoms with van der Waals surface area (Å²) in [7, 11) is 4.11. The number of hydrogen-bond acceptors (Lipinski definition) is 2. The number of anilines is 1. The molecule has 0 aliphatic carbocycles. The fourth-order valence-electron chi connectivity index (χ4n) is 1.58. The molecule has 0 fully saturated rings. The summed E-state index contributed by atoms with van der Waals surface area (Å²) in [5.41, 5.74) is 2.57. The highest BCUT2D eigenvalue weighted by molar-refractivity contribution is 5.46. The van der Waals surface area contributed by atoms with Gasteiger partial charge in [0.25, 0.3) is 0 Å². The molecule has 2 heteroatoms. The zero-order valence-corrected chi connectivity index (χ0v) is 10.5. The number of benzene rings is 1. The lowest BCUT2D eigenvalue weighted by molar-refractivity contribution is 0.581. The minimum absolute atomic E-state index is 0.399. The van der Waals surface area contributed by atoms with Crippen LogP contribution in [0.5, 0.6) is 0 Å². The minimum Gasteiger partial charge on any atom is -0.378 e. The molecule has 1 unspecified atom stereocenters. The van der Waals surface area contributed by atoms with Crippen LogP contribution in [0.2, 0.25) is 0 Å². The molecular formula is C14H22N2. The molecule has 0 saturated heterocycles. The van der Waals surface area contributed by atoms with Gasteiger partial charge in [0.1, 0.15) is 0 Å². The Morgan fingerprint density at radius 1 is 1.31 bits per heavy atom. The van der Waals surface area contributed by atoms with Crippen LogP contribution in [0.3, 0.4) is 0 Å². The summed E-state index contributed by atoms with van der Waals surface area (Å²) >= 11 is 0. The summed E-state index contributed by atoms with van der Waals surface area (Å²) in [6.45, 7) is 6.89. The molecule has 16 heavy (non-hydrogen) atoms. The summed E-state index contributed by atoms with van der Waals surface area (Å²) < 4.78 is 0. The van der Waals surface area contributed by atoms with Crippen LogP contribution in [0, 0.1) is 0 Å². The lowest BCUT2D eigenvalue weighted by Crippen LogP contribution is -2.19. The number of rotatable bonds is 6. The second-order valence-corrected chi connectivity index (χ2v) is 4.24. The zero-order chi connectivity index (χ0) is 12.0. The molecular weight excluding hydrogens is 196 g/mol. The van der Waals surface area contributed by atoms with Crippen molar-refractivity contribution in [1.29, 1.82) is 0 Å². The second kappa shape index (κ2) is 6.33. The summed E-state index contributed by atoms with van der Waals surface area (Å²) in [6.07, 6.45) is 2.95. The monoisotopic (exact) mass is 218 g/mol. The fraction of sp³-hybridized carbons (Fsp3) is 0.429. The Morgan fingerprint density at radius 3 is 2.44 bits per heavy atom. The van der Waals surface area contributed by atoms with Crippen molar-refractivity contribution in [2.75, 3.05) is 25.5 Å². The number of nitrogens with zero attached hydrogens (tertiary/aromatic N) is 1. The van der Waals surface area contributed by atoms with Crippen LogP contribution in [-0.4, -0.2) is 20.6 Å². The zero-order valence-electron chi connectivity index (χ0n) is 10.5. The van der Waals surface area contributed by atoms with E-state index >= 15 is 0 Å². The number of nitrogens with one attached hydrogen (secondary N) is 1. The third kappa shape index (κ3) is 3.70. The van der Waals surface area contributed by atoms with E-state index in [-0.39, 0.29) is 0 Å². The first-order valence-corrected chi connectivity index (χ1v) is 5.76. The predicted molar refractivity (Wildman–Crippen MR) is 72.0 cm³/mol. The Bertz CT molecular complexity index is 314. The van der Waals surface area contributed by atoms with Gasteiger partial charge in [0, 0.05) is 25.8 Å². The van der Waals surface area contributed by atoms with Crippen LogP contribution in [0.15, 0.2) is 36.9 Å². The first-order chi connectivity index (χ1) is 7.65. The van der Waals surface area contributed by atoms with Gasteiger partial charge in [0.2, 0.25) is 0 Å². The number of hydrogen-bond donors (Lipinski definition) is 1. The Kier molecular flexibility index (Phi) is 5.06. The normalized spacial score (nSPS) is 12.2. The van der Waals surface area contributed by atoms with Gasteiger partial charge in [-0.05, 0) is 37.6 Å². The van der Waals surface area contributed by atoms with E-state index in [0.717, 1.165) is 13.0 Å². The molecule has 0 aliphatic heterocycles. The van der Waals surface area contributed by atoms with Gasteiger partial charge in [0.15, 0.2) is 0 Å². The first kappa shape index (κ1) is 12.8.